The van der Waals surface area contributed by atoms with Crippen molar-refractivity contribution in [3.63, 3.8) is 0 Å². The first-order valence-electron chi connectivity index (χ1n) is 7.20. The van der Waals surface area contributed by atoms with Crippen LogP contribution in [0.5, 0.6) is 0 Å². The summed E-state index contributed by atoms with van der Waals surface area (Å²) in [6.07, 6.45) is 2.37. The van der Waals surface area contributed by atoms with Gasteiger partial charge in [0.15, 0.2) is 0 Å². The van der Waals surface area contributed by atoms with E-state index in [0.29, 0.717) is 25.3 Å². The maximum atomic E-state index is 11.8. The molecule has 2 aromatic heterocycles. The van der Waals surface area contributed by atoms with Gasteiger partial charge in [0.1, 0.15) is 11.5 Å². The van der Waals surface area contributed by atoms with E-state index in [9.17, 15) is 4.79 Å². The Bertz CT molecular complexity index is 634. The third-order valence-corrected chi connectivity index (χ3v) is 5.53. The Morgan fingerprint density at radius 2 is 2.33 bits per heavy atom. The zero-order valence-corrected chi connectivity index (χ0v) is 14.3. The number of carbonyl (C=O) groups is 1. The second kappa shape index (κ2) is 6.36. The topological polar surface area (TPSA) is 42.2 Å². The summed E-state index contributed by atoms with van der Waals surface area (Å²) in [6, 6.07) is 6.09. The molecule has 0 bridgehead atoms. The van der Waals surface area contributed by atoms with E-state index in [1.165, 1.54) is 6.42 Å². The van der Waals surface area contributed by atoms with E-state index < -0.39 is 0 Å². The summed E-state index contributed by atoms with van der Waals surface area (Å²) in [4.78, 5) is 13.0. The van der Waals surface area contributed by atoms with Crippen LogP contribution in [-0.2, 0) is 17.8 Å². The van der Waals surface area contributed by atoms with E-state index in [4.69, 9.17) is 4.42 Å². The van der Waals surface area contributed by atoms with Crippen LogP contribution in [0.4, 0.5) is 0 Å². The molecule has 21 heavy (non-hydrogen) atoms. The third kappa shape index (κ3) is 3.98. The second-order valence-corrected chi connectivity index (χ2v) is 7.54. The van der Waals surface area contributed by atoms with Crippen molar-refractivity contribution in [2.45, 2.75) is 38.6 Å². The number of hydrogen-bond donors (Lipinski definition) is 1. The smallest absolute Gasteiger partial charge is 0.220 e. The minimum absolute atomic E-state index is 0.0669. The minimum atomic E-state index is 0.0669. The van der Waals surface area contributed by atoms with Crippen molar-refractivity contribution in [2.24, 2.45) is 5.92 Å². The van der Waals surface area contributed by atoms with E-state index in [0.717, 1.165) is 26.8 Å². The highest BCUT2D eigenvalue weighted by molar-refractivity contribution is 9.10. The zero-order chi connectivity index (χ0) is 14.8. The Labute approximate surface area is 136 Å². The number of aryl methyl sites for hydroxylation is 1. The largest absolute Gasteiger partial charge is 0.466 e. The number of carbonyl (C=O) groups excluding carboxylic acids is 1. The maximum absolute atomic E-state index is 11.8. The molecule has 5 heteroatoms. The zero-order valence-electron chi connectivity index (χ0n) is 11.9. The summed E-state index contributed by atoms with van der Waals surface area (Å²) in [5.41, 5.74) is 0. The molecule has 1 aliphatic carbocycles. The van der Waals surface area contributed by atoms with Gasteiger partial charge >= 0.3 is 0 Å². The number of nitrogens with one attached hydrogen (secondary N) is 1. The molecule has 0 aromatic carbocycles. The van der Waals surface area contributed by atoms with Crippen LogP contribution in [0.2, 0.25) is 0 Å². The minimum Gasteiger partial charge on any atom is -0.466 e. The summed E-state index contributed by atoms with van der Waals surface area (Å²) in [5, 5.41) is 4.96. The van der Waals surface area contributed by atoms with Gasteiger partial charge in [-0.3, -0.25) is 4.79 Å². The van der Waals surface area contributed by atoms with Crippen LogP contribution in [0.15, 0.2) is 32.5 Å². The molecule has 1 aliphatic rings. The number of halogens is 1. The van der Waals surface area contributed by atoms with Crippen LogP contribution in [0, 0.1) is 5.92 Å². The lowest BCUT2D eigenvalue weighted by Crippen LogP contribution is -2.22. The maximum Gasteiger partial charge on any atom is 0.220 e. The molecule has 2 heterocycles. The van der Waals surface area contributed by atoms with Crippen molar-refractivity contribution < 1.29 is 9.21 Å². The average molecular weight is 368 g/mol. The molecule has 1 amide bonds. The van der Waals surface area contributed by atoms with Crippen LogP contribution in [-0.4, -0.2) is 5.91 Å². The summed E-state index contributed by atoms with van der Waals surface area (Å²) < 4.78 is 6.87. The highest BCUT2D eigenvalue weighted by Crippen LogP contribution is 2.47. The number of hydrogen-bond acceptors (Lipinski definition) is 3. The second-order valence-electron chi connectivity index (χ2n) is 5.63. The predicted octanol–water partition coefficient (Wildman–Crippen LogP) is 4.48. The monoisotopic (exact) mass is 367 g/mol. The lowest BCUT2D eigenvalue weighted by Gasteiger charge is -2.02. The molecular weight excluding hydrogens is 350 g/mol. The fraction of sp³-hybridized carbons (Fsp3) is 0.438. The van der Waals surface area contributed by atoms with E-state index in [1.54, 1.807) is 11.3 Å². The van der Waals surface area contributed by atoms with Gasteiger partial charge in [0.2, 0.25) is 5.91 Å². The highest BCUT2D eigenvalue weighted by atomic mass is 79.9. The van der Waals surface area contributed by atoms with E-state index in [1.807, 2.05) is 17.5 Å². The van der Waals surface area contributed by atoms with Crippen LogP contribution in [0.25, 0.3) is 0 Å². The lowest BCUT2D eigenvalue weighted by molar-refractivity contribution is -0.121. The van der Waals surface area contributed by atoms with Gasteiger partial charge in [-0.25, -0.2) is 0 Å². The van der Waals surface area contributed by atoms with Gasteiger partial charge in [0.25, 0.3) is 0 Å². The SMILES string of the molecule is CC1CC1c1ccc(CCC(=O)NCc2cc(Br)cs2)o1. The van der Waals surface area contributed by atoms with Gasteiger partial charge < -0.3 is 9.73 Å². The van der Waals surface area contributed by atoms with Gasteiger partial charge in [0, 0.05) is 33.5 Å². The number of thiophene rings is 1. The molecule has 0 radical (unpaired) electrons. The predicted molar refractivity (Wildman–Crippen MR) is 87.4 cm³/mol. The van der Waals surface area contributed by atoms with Crippen molar-refractivity contribution in [3.8, 4) is 0 Å². The Hall–Kier alpha value is -1.07. The van der Waals surface area contributed by atoms with Crippen molar-refractivity contribution in [2.75, 3.05) is 0 Å². The number of amides is 1. The van der Waals surface area contributed by atoms with E-state index >= 15 is 0 Å². The summed E-state index contributed by atoms with van der Waals surface area (Å²) >= 11 is 5.05. The van der Waals surface area contributed by atoms with Crippen LogP contribution < -0.4 is 5.32 Å². The molecule has 2 unspecified atom stereocenters. The van der Waals surface area contributed by atoms with Gasteiger partial charge in [-0.2, -0.15) is 0 Å². The Morgan fingerprint density at radius 3 is 3.00 bits per heavy atom. The molecule has 112 valence electrons. The summed E-state index contributed by atoms with van der Waals surface area (Å²) in [7, 11) is 0. The van der Waals surface area contributed by atoms with Gasteiger partial charge in [-0.15, -0.1) is 11.3 Å². The van der Waals surface area contributed by atoms with Gasteiger partial charge in [-0.05, 0) is 46.5 Å². The van der Waals surface area contributed by atoms with E-state index in [2.05, 4.69) is 34.2 Å². The van der Waals surface area contributed by atoms with Gasteiger partial charge in [0.05, 0.1) is 6.54 Å². The third-order valence-electron chi connectivity index (χ3n) is 3.84. The fourth-order valence-corrected chi connectivity index (χ4v) is 3.79. The van der Waals surface area contributed by atoms with Gasteiger partial charge in [-0.1, -0.05) is 6.92 Å². The Balaban J connectivity index is 1.42. The molecule has 1 saturated carbocycles. The first-order chi connectivity index (χ1) is 10.1. The summed E-state index contributed by atoms with van der Waals surface area (Å²) in [6.45, 7) is 2.83. The molecular formula is C16H18BrNO2S. The summed E-state index contributed by atoms with van der Waals surface area (Å²) in [5.74, 6) is 3.42. The van der Waals surface area contributed by atoms with Crippen molar-refractivity contribution in [1.82, 2.24) is 5.32 Å². The normalized spacial score (nSPS) is 20.5. The van der Waals surface area contributed by atoms with Crippen molar-refractivity contribution in [3.05, 3.63) is 44.4 Å². The molecule has 0 aliphatic heterocycles. The van der Waals surface area contributed by atoms with Crippen molar-refractivity contribution in [1.29, 1.82) is 0 Å². The number of rotatable bonds is 6. The van der Waals surface area contributed by atoms with E-state index in [-0.39, 0.29) is 5.91 Å². The van der Waals surface area contributed by atoms with Crippen molar-refractivity contribution >= 4 is 33.2 Å². The highest BCUT2D eigenvalue weighted by Gasteiger charge is 2.36. The van der Waals surface area contributed by atoms with Crippen LogP contribution in [0.1, 0.15) is 42.1 Å². The van der Waals surface area contributed by atoms with Crippen LogP contribution in [0.3, 0.4) is 0 Å². The molecule has 1 fully saturated rings. The fourth-order valence-electron chi connectivity index (χ4n) is 2.40. The quantitative estimate of drug-likeness (QED) is 0.817. The average Bonchev–Trinajstić information content (AvgIpc) is 2.89. The Morgan fingerprint density at radius 1 is 1.52 bits per heavy atom. The molecule has 2 atom stereocenters. The first-order valence-corrected chi connectivity index (χ1v) is 8.87. The standard InChI is InChI=1S/C16H18BrNO2S/c1-10-6-14(10)15-4-2-12(20-15)3-5-16(19)18-8-13-7-11(17)9-21-13/h2,4,7,9-10,14H,3,5-6,8H2,1H3,(H,18,19). The molecule has 1 N–H and O–H groups in total. The Kier molecular flexibility index (Phi) is 4.50. The first kappa shape index (κ1) is 14.9. The lowest BCUT2D eigenvalue weighted by atomic mass is 10.2. The molecule has 3 rings (SSSR count). The van der Waals surface area contributed by atoms with Crippen LogP contribution >= 0.6 is 27.3 Å². The molecule has 0 saturated heterocycles. The molecule has 2 aromatic rings. The molecule has 3 nitrogen and oxygen atoms in total. The number of furan rings is 1. The molecule has 0 spiro atoms.